The third-order valence-corrected chi connectivity index (χ3v) is 2.53. The molecule has 0 aromatic heterocycles. The van der Waals surface area contributed by atoms with E-state index >= 15 is 0 Å². The molecule has 2 rings (SSSR count). The fourth-order valence-electron chi connectivity index (χ4n) is 1.68. The van der Waals surface area contributed by atoms with Gasteiger partial charge in [0.1, 0.15) is 0 Å². The first-order valence-corrected chi connectivity index (χ1v) is 5.22. The average molecular weight is 262 g/mol. The first kappa shape index (κ1) is 12.6. The van der Waals surface area contributed by atoms with Gasteiger partial charge < -0.3 is 20.5 Å². The predicted octanol–water partition coefficient (Wildman–Crippen LogP) is -0.417. The standard InChI is InChI=1S/C11H9N3O5/c15-10(16)9-5-8(12-11(17)13-9)6-2-1-3-7(4-6)14(18)19/h1-5,8H,(H,15,16)(H2,12,13,17)/p-1/t8-/m0/s1. The van der Waals surface area contributed by atoms with E-state index < -0.39 is 23.0 Å². The minimum absolute atomic E-state index is 0.145. The number of nitrogens with zero attached hydrogens (tertiary/aromatic N) is 1. The van der Waals surface area contributed by atoms with Crippen LogP contribution in [0.3, 0.4) is 0 Å². The van der Waals surface area contributed by atoms with Gasteiger partial charge in [-0.3, -0.25) is 10.1 Å². The maximum atomic E-state index is 11.3. The molecule has 0 aliphatic carbocycles. The van der Waals surface area contributed by atoms with E-state index in [9.17, 15) is 24.8 Å². The highest BCUT2D eigenvalue weighted by atomic mass is 16.6. The van der Waals surface area contributed by atoms with Crippen LogP contribution in [0.1, 0.15) is 11.6 Å². The minimum Gasteiger partial charge on any atom is -0.543 e. The molecule has 2 N–H and O–H groups in total. The van der Waals surface area contributed by atoms with Crippen molar-refractivity contribution in [2.24, 2.45) is 0 Å². The number of nitro groups is 1. The largest absolute Gasteiger partial charge is 0.543 e. The summed E-state index contributed by atoms with van der Waals surface area (Å²) in [6, 6.07) is 4.09. The molecule has 1 atom stereocenters. The maximum absolute atomic E-state index is 11.3. The van der Waals surface area contributed by atoms with Gasteiger partial charge in [0.15, 0.2) is 0 Å². The van der Waals surface area contributed by atoms with E-state index in [0.717, 1.165) is 0 Å². The van der Waals surface area contributed by atoms with Crippen LogP contribution in [0, 0.1) is 10.1 Å². The third kappa shape index (κ3) is 2.68. The monoisotopic (exact) mass is 262 g/mol. The Hall–Kier alpha value is -2.90. The lowest BCUT2D eigenvalue weighted by Gasteiger charge is -2.24. The lowest BCUT2D eigenvalue weighted by Crippen LogP contribution is -2.46. The minimum atomic E-state index is -1.52. The molecule has 0 bridgehead atoms. The number of carbonyl (C=O) groups excluding carboxylic acids is 2. The lowest BCUT2D eigenvalue weighted by atomic mass is 10.0. The Bertz CT molecular complexity index is 596. The van der Waals surface area contributed by atoms with Gasteiger partial charge in [-0.1, -0.05) is 12.1 Å². The van der Waals surface area contributed by atoms with Crippen molar-refractivity contribution in [2.75, 3.05) is 0 Å². The number of nitrogens with one attached hydrogen (secondary N) is 2. The second-order valence-corrected chi connectivity index (χ2v) is 3.80. The summed E-state index contributed by atoms with van der Waals surface area (Å²) >= 11 is 0. The lowest BCUT2D eigenvalue weighted by molar-refractivity contribution is -0.384. The molecule has 1 aliphatic rings. The summed E-state index contributed by atoms with van der Waals surface area (Å²) in [6.45, 7) is 0. The number of carboxylic acid groups (broad SMARTS) is 1. The topological polar surface area (TPSA) is 124 Å². The molecule has 1 aromatic carbocycles. The maximum Gasteiger partial charge on any atom is 0.320 e. The van der Waals surface area contributed by atoms with Crippen molar-refractivity contribution < 1.29 is 19.6 Å². The van der Waals surface area contributed by atoms with Crippen LogP contribution in [0.4, 0.5) is 10.5 Å². The van der Waals surface area contributed by atoms with Crippen LogP contribution in [0.25, 0.3) is 0 Å². The van der Waals surface area contributed by atoms with Crippen LogP contribution in [-0.2, 0) is 4.79 Å². The number of urea groups is 1. The van der Waals surface area contributed by atoms with Gasteiger partial charge >= 0.3 is 6.03 Å². The van der Waals surface area contributed by atoms with Crippen molar-refractivity contribution in [1.82, 2.24) is 10.6 Å². The second kappa shape index (κ2) is 4.77. The van der Waals surface area contributed by atoms with E-state index in [0.29, 0.717) is 5.56 Å². The molecule has 98 valence electrons. The molecule has 0 radical (unpaired) electrons. The number of amides is 2. The first-order valence-electron chi connectivity index (χ1n) is 5.22. The summed E-state index contributed by atoms with van der Waals surface area (Å²) in [5.74, 6) is -1.52. The molecule has 1 aromatic rings. The molecular formula is C11H8N3O5-. The smallest absolute Gasteiger partial charge is 0.320 e. The molecule has 8 nitrogen and oxygen atoms in total. The summed E-state index contributed by atoms with van der Waals surface area (Å²) in [7, 11) is 0. The SMILES string of the molecule is O=C1NC(C(=O)[O-])=C[C@@H](c2cccc([N+](=O)[O-])c2)N1. The van der Waals surface area contributed by atoms with Crippen molar-refractivity contribution in [3.05, 3.63) is 51.7 Å². The van der Waals surface area contributed by atoms with Gasteiger partial charge in [0.2, 0.25) is 0 Å². The number of hydrogen-bond donors (Lipinski definition) is 2. The zero-order valence-electron chi connectivity index (χ0n) is 9.45. The molecule has 0 unspecified atom stereocenters. The van der Waals surface area contributed by atoms with E-state index in [-0.39, 0.29) is 11.4 Å². The zero-order valence-corrected chi connectivity index (χ0v) is 9.45. The summed E-state index contributed by atoms with van der Waals surface area (Å²) < 4.78 is 0. The predicted molar refractivity (Wildman–Crippen MR) is 60.6 cm³/mol. The number of non-ortho nitro benzene ring substituents is 1. The Morgan fingerprint density at radius 2 is 2.11 bits per heavy atom. The van der Waals surface area contributed by atoms with Gasteiger partial charge in [0.05, 0.1) is 22.6 Å². The van der Waals surface area contributed by atoms with Crippen molar-refractivity contribution in [3.8, 4) is 0 Å². The number of carbonyl (C=O) groups is 2. The van der Waals surface area contributed by atoms with Crippen molar-refractivity contribution in [2.45, 2.75) is 6.04 Å². The quantitative estimate of drug-likeness (QED) is 0.565. The van der Waals surface area contributed by atoms with Gasteiger partial charge in [0, 0.05) is 12.1 Å². The Labute approximate surface area is 106 Å². The molecule has 0 fully saturated rings. The number of hydrogen-bond acceptors (Lipinski definition) is 5. The summed E-state index contributed by atoms with van der Waals surface area (Å²) in [4.78, 5) is 32.1. The van der Waals surface area contributed by atoms with Crippen LogP contribution in [0.15, 0.2) is 36.0 Å². The highest BCUT2D eigenvalue weighted by molar-refractivity contribution is 5.92. The highest BCUT2D eigenvalue weighted by Crippen LogP contribution is 2.22. The normalized spacial score (nSPS) is 18.0. The van der Waals surface area contributed by atoms with Gasteiger partial charge in [-0.25, -0.2) is 4.79 Å². The highest BCUT2D eigenvalue weighted by Gasteiger charge is 2.21. The molecule has 1 heterocycles. The number of nitro benzene ring substituents is 1. The Morgan fingerprint density at radius 3 is 2.74 bits per heavy atom. The Kier molecular flexibility index (Phi) is 3.15. The zero-order chi connectivity index (χ0) is 14.0. The van der Waals surface area contributed by atoms with E-state index in [2.05, 4.69) is 10.6 Å². The van der Waals surface area contributed by atoms with E-state index in [1.165, 1.54) is 24.3 Å². The van der Waals surface area contributed by atoms with E-state index in [4.69, 9.17) is 0 Å². The molecule has 2 amide bonds. The molecule has 0 saturated carbocycles. The van der Waals surface area contributed by atoms with Gasteiger partial charge in [-0.05, 0) is 11.6 Å². The van der Waals surface area contributed by atoms with Crippen LogP contribution in [0.5, 0.6) is 0 Å². The van der Waals surface area contributed by atoms with Gasteiger partial charge in [0.25, 0.3) is 5.69 Å². The number of carboxylic acids is 1. The molecule has 0 saturated heterocycles. The Balaban J connectivity index is 2.38. The van der Waals surface area contributed by atoms with E-state index in [1.54, 1.807) is 6.07 Å². The first-order chi connectivity index (χ1) is 8.97. The van der Waals surface area contributed by atoms with Crippen LogP contribution in [0.2, 0.25) is 0 Å². The van der Waals surface area contributed by atoms with Gasteiger partial charge in [-0.15, -0.1) is 0 Å². The molecule has 19 heavy (non-hydrogen) atoms. The second-order valence-electron chi connectivity index (χ2n) is 3.80. The van der Waals surface area contributed by atoms with Gasteiger partial charge in [-0.2, -0.15) is 0 Å². The molecule has 8 heteroatoms. The van der Waals surface area contributed by atoms with Crippen LogP contribution < -0.4 is 15.7 Å². The summed E-state index contributed by atoms with van der Waals surface area (Å²) in [5, 5.41) is 25.9. The molecule has 1 aliphatic heterocycles. The van der Waals surface area contributed by atoms with Crippen LogP contribution >= 0.6 is 0 Å². The number of rotatable bonds is 3. The number of benzene rings is 1. The summed E-state index contributed by atoms with van der Waals surface area (Å²) in [5.41, 5.74) is -0.114. The average Bonchev–Trinajstić information content (AvgIpc) is 2.38. The summed E-state index contributed by atoms with van der Waals surface area (Å²) in [6.07, 6.45) is 1.22. The molecular weight excluding hydrogens is 254 g/mol. The fraction of sp³-hybridized carbons (Fsp3) is 0.0909. The van der Waals surface area contributed by atoms with E-state index in [1.807, 2.05) is 0 Å². The Morgan fingerprint density at radius 1 is 1.37 bits per heavy atom. The molecule has 0 spiro atoms. The third-order valence-electron chi connectivity index (χ3n) is 2.53. The fourth-order valence-corrected chi connectivity index (χ4v) is 1.68. The van der Waals surface area contributed by atoms with Crippen molar-refractivity contribution in [3.63, 3.8) is 0 Å². The number of aliphatic carboxylic acids is 1. The van der Waals surface area contributed by atoms with Crippen LogP contribution in [-0.4, -0.2) is 16.9 Å². The van der Waals surface area contributed by atoms with Crippen molar-refractivity contribution >= 4 is 17.7 Å². The van der Waals surface area contributed by atoms with Crippen molar-refractivity contribution in [1.29, 1.82) is 0 Å².